The molecule has 5 heteroatoms. The van der Waals surface area contributed by atoms with Crippen LogP contribution in [-0.4, -0.2) is 36.5 Å². The molecular weight excluding hydrogens is 399 g/mol. The molecular formula is C18H31IN4. The van der Waals surface area contributed by atoms with Gasteiger partial charge in [0.1, 0.15) is 0 Å². The third kappa shape index (κ3) is 7.52. The summed E-state index contributed by atoms with van der Waals surface area (Å²) in [7, 11) is 0. The molecule has 130 valence electrons. The van der Waals surface area contributed by atoms with E-state index in [4.69, 9.17) is 5.73 Å². The number of nitrogens with zero attached hydrogens (tertiary/aromatic N) is 2. The molecule has 3 N–H and O–H groups in total. The predicted octanol–water partition coefficient (Wildman–Crippen LogP) is 3.99. The summed E-state index contributed by atoms with van der Waals surface area (Å²) >= 11 is 0. The van der Waals surface area contributed by atoms with E-state index in [1.807, 2.05) is 12.1 Å². The number of anilines is 1. The number of halogens is 1. The fourth-order valence-electron chi connectivity index (χ4n) is 2.94. The maximum absolute atomic E-state index is 5.92. The van der Waals surface area contributed by atoms with Gasteiger partial charge in [0.25, 0.3) is 0 Å². The summed E-state index contributed by atoms with van der Waals surface area (Å²) in [6, 6.07) is 8.93. The highest BCUT2D eigenvalue weighted by atomic mass is 127. The lowest BCUT2D eigenvalue weighted by Crippen LogP contribution is -2.38. The molecule has 23 heavy (non-hydrogen) atoms. The van der Waals surface area contributed by atoms with E-state index in [0.717, 1.165) is 24.7 Å². The van der Waals surface area contributed by atoms with E-state index in [1.165, 1.54) is 44.3 Å². The Balaban J connectivity index is 0.00000264. The number of unbranched alkanes of at least 4 members (excludes halogenated alkanes) is 1. The normalized spacial score (nSPS) is 19.2. The Morgan fingerprint density at radius 1 is 1.26 bits per heavy atom. The van der Waals surface area contributed by atoms with Crippen molar-refractivity contribution in [2.75, 3.05) is 25.0 Å². The second-order valence-corrected chi connectivity index (χ2v) is 6.35. The number of rotatable bonds is 6. The standard InChI is InChI=1S/C18H30N4.HI/c1-15-8-10-17(11-9-15)21-18(19)20-12-4-6-14-22-13-5-3-7-16(22)2;/h8-11,16H,3-7,12-14H2,1-2H3,(H3,19,20,21);1H. The van der Waals surface area contributed by atoms with Crippen molar-refractivity contribution in [3.63, 3.8) is 0 Å². The van der Waals surface area contributed by atoms with Gasteiger partial charge in [-0.15, -0.1) is 24.0 Å². The van der Waals surface area contributed by atoms with Crippen LogP contribution in [0.15, 0.2) is 29.3 Å². The Morgan fingerprint density at radius 3 is 2.70 bits per heavy atom. The Hall–Kier alpha value is -0.820. The molecule has 0 saturated carbocycles. The fraction of sp³-hybridized carbons (Fsp3) is 0.611. The first-order valence-corrected chi connectivity index (χ1v) is 8.53. The van der Waals surface area contributed by atoms with Crippen molar-refractivity contribution in [3.8, 4) is 0 Å². The molecule has 0 aromatic heterocycles. The van der Waals surface area contributed by atoms with E-state index in [0.29, 0.717) is 5.96 Å². The molecule has 1 aliphatic heterocycles. The van der Waals surface area contributed by atoms with Crippen molar-refractivity contribution in [2.24, 2.45) is 10.7 Å². The van der Waals surface area contributed by atoms with Crippen LogP contribution in [0.25, 0.3) is 0 Å². The zero-order chi connectivity index (χ0) is 15.8. The van der Waals surface area contributed by atoms with Gasteiger partial charge in [-0.25, -0.2) is 0 Å². The summed E-state index contributed by atoms with van der Waals surface area (Å²) in [4.78, 5) is 7.02. The number of benzene rings is 1. The van der Waals surface area contributed by atoms with Gasteiger partial charge >= 0.3 is 0 Å². The number of aliphatic imine (C=N–C) groups is 1. The minimum absolute atomic E-state index is 0. The Kier molecular flexibility index (Phi) is 9.55. The molecule has 2 rings (SSSR count). The lowest BCUT2D eigenvalue weighted by Gasteiger charge is -2.33. The molecule has 4 nitrogen and oxygen atoms in total. The monoisotopic (exact) mass is 430 g/mol. The number of nitrogens with one attached hydrogen (secondary N) is 1. The molecule has 1 aromatic carbocycles. The van der Waals surface area contributed by atoms with Gasteiger partial charge in [-0.05, 0) is 64.8 Å². The van der Waals surface area contributed by atoms with Crippen LogP contribution < -0.4 is 11.1 Å². The molecule has 0 radical (unpaired) electrons. The number of hydrogen-bond acceptors (Lipinski definition) is 2. The molecule has 1 fully saturated rings. The van der Waals surface area contributed by atoms with Crippen molar-refractivity contribution in [3.05, 3.63) is 29.8 Å². The highest BCUT2D eigenvalue weighted by molar-refractivity contribution is 14.0. The van der Waals surface area contributed by atoms with Gasteiger partial charge in [-0.2, -0.15) is 0 Å². The Labute approximate surface area is 157 Å². The van der Waals surface area contributed by atoms with Crippen molar-refractivity contribution < 1.29 is 0 Å². The van der Waals surface area contributed by atoms with Crippen molar-refractivity contribution >= 4 is 35.6 Å². The van der Waals surface area contributed by atoms with Crippen LogP contribution in [-0.2, 0) is 0 Å². The van der Waals surface area contributed by atoms with E-state index in [-0.39, 0.29) is 24.0 Å². The van der Waals surface area contributed by atoms with Crippen LogP contribution in [0.4, 0.5) is 5.69 Å². The van der Waals surface area contributed by atoms with Crippen LogP contribution >= 0.6 is 24.0 Å². The Morgan fingerprint density at radius 2 is 2.00 bits per heavy atom. The van der Waals surface area contributed by atoms with Gasteiger partial charge in [0, 0.05) is 18.3 Å². The van der Waals surface area contributed by atoms with Gasteiger partial charge in [-0.3, -0.25) is 4.99 Å². The van der Waals surface area contributed by atoms with E-state index in [2.05, 4.69) is 41.2 Å². The zero-order valence-electron chi connectivity index (χ0n) is 14.4. The SMILES string of the molecule is Cc1ccc(NC(N)=NCCCCN2CCCCC2C)cc1.I. The van der Waals surface area contributed by atoms with E-state index in [1.54, 1.807) is 0 Å². The molecule has 1 heterocycles. The van der Waals surface area contributed by atoms with E-state index in [9.17, 15) is 0 Å². The molecule has 1 unspecified atom stereocenters. The van der Waals surface area contributed by atoms with Crippen LogP contribution in [0.5, 0.6) is 0 Å². The lowest BCUT2D eigenvalue weighted by molar-refractivity contribution is 0.158. The highest BCUT2D eigenvalue weighted by Gasteiger charge is 2.16. The molecule has 1 aliphatic rings. The quantitative estimate of drug-likeness (QED) is 0.311. The largest absolute Gasteiger partial charge is 0.370 e. The molecule has 1 saturated heterocycles. The molecule has 1 aromatic rings. The average Bonchev–Trinajstić information content (AvgIpc) is 2.51. The average molecular weight is 430 g/mol. The number of likely N-dealkylation sites (tertiary alicyclic amines) is 1. The summed E-state index contributed by atoms with van der Waals surface area (Å²) in [5, 5.41) is 3.13. The van der Waals surface area contributed by atoms with E-state index >= 15 is 0 Å². The summed E-state index contributed by atoms with van der Waals surface area (Å²) < 4.78 is 0. The second kappa shape index (κ2) is 10.9. The maximum Gasteiger partial charge on any atom is 0.193 e. The number of nitrogens with two attached hydrogens (primary N) is 1. The highest BCUT2D eigenvalue weighted by Crippen LogP contribution is 2.16. The minimum Gasteiger partial charge on any atom is -0.370 e. The zero-order valence-corrected chi connectivity index (χ0v) is 16.8. The van der Waals surface area contributed by atoms with Crippen LogP contribution in [0.2, 0.25) is 0 Å². The second-order valence-electron chi connectivity index (χ2n) is 6.35. The third-order valence-electron chi connectivity index (χ3n) is 4.40. The smallest absolute Gasteiger partial charge is 0.193 e. The summed E-state index contributed by atoms with van der Waals surface area (Å²) in [5.41, 5.74) is 8.16. The number of hydrogen-bond donors (Lipinski definition) is 2. The number of guanidine groups is 1. The maximum atomic E-state index is 5.92. The van der Waals surface area contributed by atoms with E-state index < -0.39 is 0 Å². The van der Waals surface area contributed by atoms with Crippen LogP contribution in [0, 0.1) is 6.92 Å². The molecule has 0 bridgehead atoms. The first-order valence-electron chi connectivity index (χ1n) is 8.53. The summed E-state index contributed by atoms with van der Waals surface area (Å²) in [5.74, 6) is 0.509. The van der Waals surface area contributed by atoms with Gasteiger partial charge in [0.15, 0.2) is 5.96 Å². The third-order valence-corrected chi connectivity index (χ3v) is 4.40. The minimum atomic E-state index is 0. The van der Waals surface area contributed by atoms with Crippen molar-refractivity contribution in [1.82, 2.24) is 4.90 Å². The summed E-state index contributed by atoms with van der Waals surface area (Å²) in [6.45, 7) is 7.68. The van der Waals surface area contributed by atoms with Gasteiger partial charge < -0.3 is 16.0 Å². The van der Waals surface area contributed by atoms with Gasteiger partial charge in [0.2, 0.25) is 0 Å². The topological polar surface area (TPSA) is 53.6 Å². The first-order chi connectivity index (χ1) is 10.6. The molecule has 1 atom stereocenters. The first kappa shape index (κ1) is 20.2. The fourth-order valence-corrected chi connectivity index (χ4v) is 2.94. The molecule has 0 spiro atoms. The van der Waals surface area contributed by atoms with Crippen molar-refractivity contribution in [2.45, 2.75) is 52.0 Å². The number of piperidine rings is 1. The molecule has 0 amide bonds. The van der Waals surface area contributed by atoms with Gasteiger partial charge in [0.05, 0.1) is 0 Å². The Bertz CT molecular complexity index is 472. The number of aryl methyl sites for hydroxylation is 1. The molecule has 0 aliphatic carbocycles. The van der Waals surface area contributed by atoms with Gasteiger partial charge in [-0.1, -0.05) is 24.1 Å². The van der Waals surface area contributed by atoms with Crippen LogP contribution in [0.1, 0.15) is 44.6 Å². The predicted molar refractivity (Wildman–Crippen MR) is 111 cm³/mol. The lowest BCUT2D eigenvalue weighted by atomic mass is 10.0. The van der Waals surface area contributed by atoms with Crippen molar-refractivity contribution in [1.29, 1.82) is 0 Å². The van der Waals surface area contributed by atoms with Crippen LogP contribution in [0.3, 0.4) is 0 Å². The summed E-state index contributed by atoms with van der Waals surface area (Å²) in [6.07, 6.45) is 6.40.